The fourth-order valence-corrected chi connectivity index (χ4v) is 3.04. The van der Waals surface area contributed by atoms with E-state index < -0.39 is 0 Å². The van der Waals surface area contributed by atoms with Crippen LogP contribution in [0.3, 0.4) is 0 Å². The Bertz CT molecular complexity index is 675. The van der Waals surface area contributed by atoms with E-state index in [0.29, 0.717) is 5.02 Å². The smallest absolute Gasteiger partial charge is 0.157 e. The molecule has 110 valence electrons. The summed E-state index contributed by atoms with van der Waals surface area (Å²) in [6, 6.07) is 10.2. The zero-order chi connectivity index (χ0) is 15.0. The summed E-state index contributed by atoms with van der Waals surface area (Å²) in [6.07, 6.45) is 0.927. The minimum atomic E-state index is -0.107. The molecule has 0 saturated carbocycles. The number of hydrogen-bond acceptors (Lipinski definition) is 4. The Morgan fingerprint density at radius 3 is 2.57 bits per heavy atom. The molecule has 1 aliphatic heterocycles. The Balaban J connectivity index is 1.82. The number of halogens is 1. The summed E-state index contributed by atoms with van der Waals surface area (Å²) in [5.74, 6) is 0.140. The average molecular weight is 306 g/mol. The van der Waals surface area contributed by atoms with Crippen molar-refractivity contribution in [3.63, 3.8) is 0 Å². The number of benzene rings is 2. The number of aromatic hydroxyl groups is 3. The molecule has 1 atom stereocenters. The first-order valence-corrected chi connectivity index (χ1v) is 7.18. The van der Waals surface area contributed by atoms with Gasteiger partial charge in [0.05, 0.1) is 5.69 Å². The molecule has 0 amide bonds. The first-order chi connectivity index (χ1) is 10.1. The van der Waals surface area contributed by atoms with Gasteiger partial charge in [-0.2, -0.15) is 0 Å². The van der Waals surface area contributed by atoms with Crippen molar-refractivity contribution in [1.82, 2.24) is 0 Å². The van der Waals surface area contributed by atoms with Crippen LogP contribution in [0.15, 0.2) is 36.4 Å². The van der Waals surface area contributed by atoms with E-state index in [0.717, 1.165) is 30.8 Å². The zero-order valence-corrected chi connectivity index (χ0v) is 12.1. The Hall–Kier alpha value is -2.07. The Morgan fingerprint density at radius 2 is 1.81 bits per heavy atom. The minimum Gasteiger partial charge on any atom is -0.506 e. The van der Waals surface area contributed by atoms with Gasteiger partial charge < -0.3 is 20.2 Å². The summed E-state index contributed by atoms with van der Waals surface area (Å²) in [5, 5.41) is 29.0. The maximum atomic E-state index is 9.69. The highest BCUT2D eigenvalue weighted by atomic mass is 35.5. The molecular weight excluding hydrogens is 290 g/mol. The lowest BCUT2D eigenvalue weighted by molar-refractivity contribution is 0.402. The second kappa shape index (κ2) is 5.37. The summed E-state index contributed by atoms with van der Waals surface area (Å²) in [5.41, 5.74) is 1.81. The van der Waals surface area contributed by atoms with Crippen LogP contribution in [0.25, 0.3) is 0 Å². The van der Waals surface area contributed by atoms with E-state index in [2.05, 4.69) is 4.90 Å². The third kappa shape index (κ3) is 2.59. The van der Waals surface area contributed by atoms with E-state index >= 15 is 0 Å². The lowest BCUT2D eigenvalue weighted by Crippen LogP contribution is -2.19. The predicted molar refractivity (Wildman–Crippen MR) is 82.5 cm³/mol. The van der Waals surface area contributed by atoms with Crippen LogP contribution in [-0.4, -0.2) is 28.4 Å². The first kappa shape index (κ1) is 13.9. The molecule has 0 bridgehead atoms. The summed E-state index contributed by atoms with van der Waals surface area (Å²) < 4.78 is 0. The van der Waals surface area contributed by atoms with E-state index in [1.54, 1.807) is 18.2 Å². The summed E-state index contributed by atoms with van der Waals surface area (Å²) >= 11 is 6.15. The third-order valence-electron chi connectivity index (χ3n) is 3.96. The van der Waals surface area contributed by atoms with Crippen LogP contribution in [0.5, 0.6) is 17.2 Å². The monoisotopic (exact) mass is 305 g/mol. The molecule has 1 unspecified atom stereocenters. The lowest BCUT2D eigenvalue weighted by Gasteiger charge is -2.20. The molecule has 3 rings (SSSR count). The van der Waals surface area contributed by atoms with Gasteiger partial charge in [-0.05, 0) is 36.2 Å². The average Bonchev–Trinajstić information content (AvgIpc) is 2.94. The molecule has 0 radical (unpaired) electrons. The topological polar surface area (TPSA) is 63.9 Å². The van der Waals surface area contributed by atoms with Gasteiger partial charge >= 0.3 is 0 Å². The molecule has 0 aromatic heterocycles. The molecular formula is C16H16ClNO3. The molecule has 1 aliphatic rings. The highest BCUT2D eigenvalue weighted by molar-refractivity contribution is 6.34. The number of anilines is 1. The van der Waals surface area contributed by atoms with E-state index in [1.807, 2.05) is 12.1 Å². The number of rotatable bonds is 2. The van der Waals surface area contributed by atoms with Crippen LogP contribution in [0.1, 0.15) is 17.9 Å². The quantitative estimate of drug-likeness (QED) is 0.744. The van der Waals surface area contributed by atoms with Gasteiger partial charge in [0.25, 0.3) is 0 Å². The van der Waals surface area contributed by atoms with Crippen molar-refractivity contribution in [2.24, 2.45) is 0 Å². The number of hydrogen-bond donors (Lipinski definition) is 3. The predicted octanol–water partition coefficient (Wildman–Crippen LogP) is 3.45. The van der Waals surface area contributed by atoms with Crippen LogP contribution >= 0.6 is 11.6 Å². The molecule has 2 aromatic rings. The van der Waals surface area contributed by atoms with E-state index in [9.17, 15) is 15.3 Å². The Morgan fingerprint density at radius 1 is 1.00 bits per heavy atom. The largest absolute Gasteiger partial charge is 0.506 e. The fourth-order valence-electron chi connectivity index (χ4n) is 2.80. The molecule has 5 heteroatoms. The van der Waals surface area contributed by atoms with Gasteiger partial charge in [-0.25, -0.2) is 0 Å². The fraction of sp³-hybridized carbons (Fsp3) is 0.250. The number of phenolic OH excluding ortho intramolecular Hbond substituents is 3. The van der Waals surface area contributed by atoms with Crippen LogP contribution in [0.2, 0.25) is 5.02 Å². The van der Waals surface area contributed by atoms with Gasteiger partial charge in [0.1, 0.15) is 10.8 Å². The van der Waals surface area contributed by atoms with Gasteiger partial charge in [0.15, 0.2) is 11.5 Å². The molecule has 0 spiro atoms. The second-order valence-corrected chi connectivity index (χ2v) is 5.67. The second-order valence-electron chi connectivity index (χ2n) is 5.29. The normalized spacial score (nSPS) is 18.1. The SMILES string of the molecule is Oc1ccc(C2CCN(c3cccc(O)c3Cl)C2)cc1O. The number of nitrogens with zero attached hydrogens (tertiary/aromatic N) is 1. The van der Waals surface area contributed by atoms with Crippen LogP contribution in [0, 0.1) is 0 Å². The molecule has 1 fully saturated rings. The van der Waals surface area contributed by atoms with Crippen LogP contribution in [-0.2, 0) is 0 Å². The zero-order valence-electron chi connectivity index (χ0n) is 11.3. The van der Waals surface area contributed by atoms with Gasteiger partial charge in [0.2, 0.25) is 0 Å². The van der Waals surface area contributed by atoms with Gasteiger partial charge in [-0.1, -0.05) is 23.7 Å². The van der Waals surface area contributed by atoms with Crippen LogP contribution in [0.4, 0.5) is 5.69 Å². The van der Waals surface area contributed by atoms with Crippen molar-refractivity contribution < 1.29 is 15.3 Å². The standard InChI is InChI=1S/C16H16ClNO3/c17-16-12(2-1-3-14(16)20)18-7-6-11(9-18)10-4-5-13(19)15(21)8-10/h1-5,8,11,19-21H,6-7,9H2. The maximum Gasteiger partial charge on any atom is 0.157 e. The van der Waals surface area contributed by atoms with E-state index in [4.69, 9.17) is 11.6 Å². The summed E-state index contributed by atoms with van der Waals surface area (Å²) in [4.78, 5) is 2.12. The molecule has 2 aromatic carbocycles. The van der Waals surface area contributed by atoms with Crippen molar-refractivity contribution in [3.05, 3.63) is 47.0 Å². The van der Waals surface area contributed by atoms with Gasteiger partial charge in [0, 0.05) is 19.0 Å². The lowest BCUT2D eigenvalue weighted by atomic mass is 9.98. The summed E-state index contributed by atoms with van der Waals surface area (Å²) in [7, 11) is 0. The highest BCUT2D eigenvalue weighted by Gasteiger charge is 2.26. The van der Waals surface area contributed by atoms with Crippen molar-refractivity contribution in [3.8, 4) is 17.2 Å². The van der Waals surface area contributed by atoms with Crippen LogP contribution < -0.4 is 4.90 Å². The molecule has 1 saturated heterocycles. The van der Waals surface area contributed by atoms with E-state index in [-0.39, 0.29) is 23.2 Å². The van der Waals surface area contributed by atoms with Gasteiger partial charge in [-0.3, -0.25) is 0 Å². The molecule has 1 heterocycles. The molecule has 0 aliphatic carbocycles. The summed E-state index contributed by atoms with van der Waals surface area (Å²) in [6.45, 7) is 1.59. The molecule has 3 N–H and O–H groups in total. The van der Waals surface area contributed by atoms with Crippen molar-refractivity contribution in [1.29, 1.82) is 0 Å². The minimum absolute atomic E-state index is 0.0832. The van der Waals surface area contributed by atoms with E-state index in [1.165, 1.54) is 6.07 Å². The Labute approximate surface area is 127 Å². The highest BCUT2D eigenvalue weighted by Crippen LogP contribution is 2.39. The van der Waals surface area contributed by atoms with Crippen molar-refractivity contribution in [2.45, 2.75) is 12.3 Å². The first-order valence-electron chi connectivity index (χ1n) is 6.80. The van der Waals surface area contributed by atoms with Gasteiger partial charge in [-0.15, -0.1) is 0 Å². The molecule has 4 nitrogen and oxygen atoms in total. The Kier molecular flexibility index (Phi) is 3.55. The number of phenols is 3. The third-order valence-corrected chi connectivity index (χ3v) is 4.35. The maximum absolute atomic E-state index is 9.69. The van der Waals surface area contributed by atoms with Crippen molar-refractivity contribution in [2.75, 3.05) is 18.0 Å². The van der Waals surface area contributed by atoms with Crippen molar-refractivity contribution >= 4 is 17.3 Å². The molecule has 21 heavy (non-hydrogen) atoms.